The van der Waals surface area contributed by atoms with E-state index in [1.54, 1.807) is 18.2 Å². The monoisotopic (exact) mass is 416 g/mol. The number of hydrogen-bond donors (Lipinski definition) is 1. The molecule has 1 amide bonds. The van der Waals surface area contributed by atoms with Crippen molar-refractivity contribution in [1.82, 2.24) is 9.80 Å². The maximum absolute atomic E-state index is 12.9. The van der Waals surface area contributed by atoms with Gasteiger partial charge in [-0.05, 0) is 37.7 Å². The minimum absolute atomic E-state index is 0.0691. The van der Waals surface area contributed by atoms with Crippen molar-refractivity contribution in [2.75, 3.05) is 41.4 Å². The number of aliphatic hydroxyl groups is 1. The molecule has 2 aromatic rings. The molecule has 3 rings (SSSR count). The molecule has 0 radical (unpaired) electrons. The molecule has 29 heavy (non-hydrogen) atoms. The van der Waals surface area contributed by atoms with Gasteiger partial charge in [0, 0.05) is 24.0 Å². The number of amides is 1. The van der Waals surface area contributed by atoms with E-state index >= 15 is 0 Å². The zero-order valence-corrected chi connectivity index (χ0v) is 17.7. The van der Waals surface area contributed by atoms with Gasteiger partial charge in [0.25, 0.3) is 11.7 Å². The number of rotatable bonds is 7. The smallest absolute Gasteiger partial charge is 0.295 e. The molecule has 1 aliphatic rings. The van der Waals surface area contributed by atoms with Crippen molar-refractivity contribution in [2.24, 2.45) is 0 Å². The highest BCUT2D eigenvalue weighted by Crippen LogP contribution is 2.42. The Labute approximate surface area is 173 Å². The van der Waals surface area contributed by atoms with Gasteiger partial charge in [0.05, 0.1) is 31.4 Å². The normalized spacial score (nSPS) is 18.5. The second-order valence-corrected chi connectivity index (χ2v) is 7.86. The molecule has 0 spiro atoms. The summed E-state index contributed by atoms with van der Waals surface area (Å²) >= 11 is 1.44. The van der Waals surface area contributed by atoms with E-state index in [0.717, 1.165) is 4.88 Å². The Hall–Kier alpha value is -2.84. The topological polar surface area (TPSA) is 79.3 Å². The number of methoxy groups -OCH3 is 2. The Kier molecular flexibility index (Phi) is 6.24. The molecule has 1 aromatic heterocycles. The molecule has 154 valence electrons. The third-order valence-corrected chi connectivity index (χ3v) is 5.73. The average molecular weight is 416 g/mol. The highest BCUT2D eigenvalue weighted by atomic mass is 32.1. The highest BCUT2D eigenvalue weighted by molar-refractivity contribution is 7.10. The summed E-state index contributed by atoms with van der Waals surface area (Å²) in [5.41, 5.74) is 0.403. The number of Topliss-reactive ketones (excluding diaryl/α,β-unsaturated/α-hetero) is 1. The zero-order chi connectivity index (χ0) is 21.1. The Morgan fingerprint density at radius 2 is 1.97 bits per heavy atom. The number of thiophene rings is 1. The maximum Gasteiger partial charge on any atom is 0.295 e. The summed E-state index contributed by atoms with van der Waals surface area (Å²) in [6, 6.07) is 7.99. The molecule has 1 aromatic carbocycles. The average Bonchev–Trinajstić information content (AvgIpc) is 3.32. The Balaban J connectivity index is 2.14. The Morgan fingerprint density at radius 1 is 1.21 bits per heavy atom. The van der Waals surface area contributed by atoms with Crippen LogP contribution < -0.4 is 9.47 Å². The summed E-state index contributed by atoms with van der Waals surface area (Å²) in [5, 5.41) is 13.0. The molecule has 0 bridgehead atoms. The molecule has 0 aliphatic carbocycles. The second-order valence-electron chi connectivity index (χ2n) is 6.88. The number of nitrogens with zero attached hydrogens (tertiary/aromatic N) is 2. The lowest BCUT2D eigenvalue weighted by atomic mass is 9.99. The van der Waals surface area contributed by atoms with Crippen LogP contribution >= 0.6 is 11.3 Å². The first-order chi connectivity index (χ1) is 13.9. The first-order valence-corrected chi connectivity index (χ1v) is 9.96. The predicted molar refractivity (Wildman–Crippen MR) is 111 cm³/mol. The summed E-state index contributed by atoms with van der Waals surface area (Å²) in [6.07, 6.45) is 0. The third kappa shape index (κ3) is 3.99. The van der Waals surface area contributed by atoms with Crippen LogP contribution in [0.1, 0.15) is 16.5 Å². The van der Waals surface area contributed by atoms with Crippen LogP contribution in [0.5, 0.6) is 11.5 Å². The largest absolute Gasteiger partial charge is 0.507 e. The SMILES string of the molecule is COc1ccc(C(O)=C2C(=O)C(=O)N(CCN(C)C)[C@@H]2c2cccs2)c(OC)c1. The summed E-state index contributed by atoms with van der Waals surface area (Å²) in [6.45, 7) is 0.970. The lowest BCUT2D eigenvalue weighted by Gasteiger charge is -2.25. The molecule has 1 fully saturated rings. The van der Waals surface area contributed by atoms with Gasteiger partial charge < -0.3 is 24.4 Å². The van der Waals surface area contributed by atoms with Crippen molar-refractivity contribution < 1.29 is 24.2 Å². The molecular formula is C21H24N2O5S. The molecule has 1 N–H and O–H groups in total. The summed E-state index contributed by atoms with van der Waals surface area (Å²) in [7, 11) is 6.80. The van der Waals surface area contributed by atoms with Gasteiger partial charge in [-0.25, -0.2) is 0 Å². The number of likely N-dealkylation sites (N-methyl/N-ethyl adjacent to an activating group) is 1. The van der Waals surface area contributed by atoms with E-state index in [1.165, 1.54) is 30.5 Å². The fourth-order valence-electron chi connectivity index (χ4n) is 3.30. The van der Waals surface area contributed by atoms with Crippen molar-refractivity contribution in [2.45, 2.75) is 6.04 Å². The number of carbonyl (C=O) groups is 2. The first kappa shape index (κ1) is 20.9. The van der Waals surface area contributed by atoms with Crippen molar-refractivity contribution in [3.63, 3.8) is 0 Å². The summed E-state index contributed by atoms with van der Waals surface area (Å²) in [4.78, 5) is 30.0. The lowest BCUT2D eigenvalue weighted by molar-refractivity contribution is -0.140. The van der Waals surface area contributed by atoms with E-state index in [2.05, 4.69) is 0 Å². The van der Waals surface area contributed by atoms with Crippen LogP contribution in [0.3, 0.4) is 0 Å². The summed E-state index contributed by atoms with van der Waals surface area (Å²) in [5.74, 6) is -0.656. The molecule has 2 heterocycles. The molecule has 8 heteroatoms. The lowest BCUT2D eigenvalue weighted by Crippen LogP contribution is -2.35. The number of ketones is 1. The molecule has 0 saturated carbocycles. The number of carbonyl (C=O) groups excluding carboxylic acids is 2. The van der Waals surface area contributed by atoms with Gasteiger partial charge in [-0.2, -0.15) is 0 Å². The number of aliphatic hydroxyl groups excluding tert-OH is 1. The molecule has 0 unspecified atom stereocenters. The number of likely N-dealkylation sites (tertiary alicyclic amines) is 1. The van der Waals surface area contributed by atoms with Crippen LogP contribution in [-0.2, 0) is 9.59 Å². The van der Waals surface area contributed by atoms with Gasteiger partial charge in [-0.15, -0.1) is 11.3 Å². The van der Waals surface area contributed by atoms with Gasteiger partial charge in [0.15, 0.2) is 0 Å². The molecule has 1 aliphatic heterocycles. The van der Waals surface area contributed by atoms with Crippen LogP contribution in [-0.4, -0.2) is 68.0 Å². The summed E-state index contributed by atoms with van der Waals surface area (Å²) < 4.78 is 10.6. The van der Waals surface area contributed by atoms with E-state index in [4.69, 9.17) is 9.47 Å². The molecular weight excluding hydrogens is 392 g/mol. The van der Waals surface area contributed by atoms with Crippen molar-refractivity contribution in [1.29, 1.82) is 0 Å². The van der Waals surface area contributed by atoms with Crippen LogP contribution in [0.25, 0.3) is 5.76 Å². The van der Waals surface area contributed by atoms with Gasteiger partial charge in [0.1, 0.15) is 17.3 Å². The quantitative estimate of drug-likeness (QED) is 0.425. The van der Waals surface area contributed by atoms with E-state index in [0.29, 0.717) is 30.2 Å². The van der Waals surface area contributed by atoms with Crippen molar-refractivity contribution in [3.8, 4) is 11.5 Å². The number of hydrogen-bond acceptors (Lipinski definition) is 7. The number of ether oxygens (including phenoxy) is 2. The van der Waals surface area contributed by atoms with Gasteiger partial charge in [-0.1, -0.05) is 6.07 Å². The minimum atomic E-state index is -0.697. The van der Waals surface area contributed by atoms with E-state index in [9.17, 15) is 14.7 Å². The predicted octanol–water partition coefficient (Wildman–Crippen LogP) is 2.75. The van der Waals surface area contributed by atoms with Crippen LogP contribution in [0, 0.1) is 0 Å². The highest BCUT2D eigenvalue weighted by Gasteiger charge is 2.46. The minimum Gasteiger partial charge on any atom is -0.507 e. The van der Waals surface area contributed by atoms with Crippen LogP contribution in [0.4, 0.5) is 0 Å². The second kappa shape index (κ2) is 8.67. The third-order valence-electron chi connectivity index (χ3n) is 4.80. The van der Waals surface area contributed by atoms with Gasteiger partial charge in [-0.3, -0.25) is 9.59 Å². The van der Waals surface area contributed by atoms with Gasteiger partial charge >= 0.3 is 0 Å². The van der Waals surface area contributed by atoms with Crippen LogP contribution in [0.2, 0.25) is 0 Å². The van der Waals surface area contributed by atoms with Crippen molar-refractivity contribution >= 4 is 28.8 Å². The maximum atomic E-state index is 12.9. The van der Waals surface area contributed by atoms with Crippen molar-refractivity contribution in [3.05, 3.63) is 51.7 Å². The van der Waals surface area contributed by atoms with E-state index < -0.39 is 17.7 Å². The molecule has 1 saturated heterocycles. The standard InChI is InChI=1S/C21H24N2O5S/c1-22(2)9-10-23-18(16-6-5-11-29-16)17(20(25)21(23)26)19(24)14-8-7-13(27-3)12-15(14)28-4/h5-8,11-12,18,24H,9-10H2,1-4H3/t18-/m1/s1. The van der Waals surface area contributed by atoms with E-state index in [1.807, 2.05) is 36.5 Å². The number of benzene rings is 1. The Morgan fingerprint density at radius 3 is 2.55 bits per heavy atom. The van der Waals surface area contributed by atoms with E-state index in [-0.39, 0.29) is 11.3 Å². The molecule has 1 atom stereocenters. The van der Waals surface area contributed by atoms with Gasteiger partial charge in [0.2, 0.25) is 0 Å². The fraction of sp³-hybridized carbons (Fsp3) is 0.333. The first-order valence-electron chi connectivity index (χ1n) is 9.08. The molecule has 7 nitrogen and oxygen atoms in total. The zero-order valence-electron chi connectivity index (χ0n) is 16.8. The Bertz CT molecular complexity index is 937. The fourth-order valence-corrected chi connectivity index (χ4v) is 4.15. The van der Waals surface area contributed by atoms with Crippen LogP contribution in [0.15, 0.2) is 41.3 Å².